The Morgan fingerprint density at radius 2 is 1.93 bits per heavy atom. The van der Waals surface area contributed by atoms with Crippen molar-refractivity contribution in [3.8, 4) is 0 Å². The molecule has 0 bridgehead atoms. The molecule has 14 heavy (non-hydrogen) atoms. The highest BCUT2D eigenvalue weighted by Gasteiger charge is 2.26. The van der Waals surface area contributed by atoms with Crippen LogP contribution >= 0.6 is 0 Å². The maximum atomic E-state index is 11.7. The number of nitrogens with one attached hydrogen (secondary N) is 1. The summed E-state index contributed by atoms with van der Waals surface area (Å²) < 4.78 is 23.3. The molecule has 0 spiro atoms. The summed E-state index contributed by atoms with van der Waals surface area (Å²) in [5.41, 5.74) is 4.91. The number of hydrogen-bond acceptors (Lipinski definition) is 4. The number of carbonyl (C=O) groups excluding carboxylic acids is 1. The van der Waals surface area contributed by atoms with Crippen molar-refractivity contribution < 1.29 is 13.2 Å². The first-order chi connectivity index (χ1) is 6.52. The standard InChI is InChI=1S/C8H16N2O3S/c9-8(11)3-6-14(12,13)7-1-4-10-5-2-7/h7,10H,1-6H2,(H2,9,11). The lowest BCUT2D eigenvalue weighted by atomic mass is 10.2. The second-order valence-corrected chi connectivity index (χ2v) is 5.93. The van der Waals surface area contributed by atoms with Gasteiger partial charge in [-0.25, -0.2) is 8.42 Å². The smallest absolute Gasteiger partial charge is 0.218 e. The van der Waals surface area contributed by atoms with Crippen LogP contribution < -0.4 is 11.1 Å². The van der Waals surface area contributed by atoms with Crippen LogP contribution in [0.1, 0.15) is 19.3 Å². The van der Waals surface area contributed by atoms with Gasteiger partial charge in [-0.2, -0.15) is 0 Å². The van der Waals surface area contributed by atoms with E-state index in [-0.39, 0.29) is 17.4 Å². The van der Waals surface area contributed by atoms with Gasteiger partial charge in [-0.15, -0.1) is 0 Å². The second-order valence-electron chi connectivity index (χ2n) is 3.53. The molecule has 82 valence electrons. The third kappa shape index (κ3) is 3.26. The highest BCUT2D eigenvalue weighted by atomic mass is 32.2. The van der Waals surface area contributed by atoms with Gasteiger partial charge in [0.2, 0.25) is 5.91 Å². The zero-order valence-electron chi connectivity index (χ0n) is 8.03. The van der Waals surface area contributed by atoms with Crippen molar-refractivity contribution in [3.05, 3.63) is 0 Å². The van der Waals surface area contributed by atoms with Gasteiger partial charge in [0.15, 0.2) is 9.84 Å². The summed E-state index contributed by atoms with van der Waals surface area (Å²) in [7, 11) is -3.12. The van der Waals surface area contributed by atoms with Crippen molar-refractivity contribution in [1.82, 2.24) is 5.32 Å². The molecule has 1 rings (SSSR count). The minimum Gasteiger partial charge on any atom is -0.370 e. The minimum atomic E-state index is -3.12. The van der Waals surface area contributed by atoms with Crippen molar-refractivity contribution >= 4 is 15.7 Å². The topological polar surface area (TPSA) is 89.3 Å². The summed E-state index contributed by atoms with van der Waals surface area (Å²) in [6, 6.07) is 0. The summed E-state index contributed by atoms with van der Waals surface area (Å²) in [6.07, 6.45) is 1.22. The Labute approximate surface area is 84.0 Å². The van der Waals surface area contributed by atoms with Crippen LogP contribution in [0.4, 0.5) is 0 Å². The Bertz CT molecular complexity index is 294. The number of rotatable bonds is 4. The Morgan fingerprint density at radius 1 is 1.36 bits per heavy atom. The van der Waals surface area contributed by atoms with E-state index in [1.54, 1.807) is 0 Å². The molecule has 0 atom stereocenters. The van der Waals surface area contributed by atoms with Crippen molar-refractivity contribution in [3.63, 3.8) is 0 Å². The van der Waals surface area contributed by atoms with E-state index in [0.717, 1.165) is 13.1 Å². The molecular weight excluding hydrogens is 204 g/mol. The van der Waals surface area contributed by atoms with Gasteiger partial charge >= 0.3 is 0 Å². The molecule has 1 saturated heterocycles. The van der Waals surface area contributed by atoms with E-state index in [4.69, 9.17) is 5.73 Å². The van der Waals surface area contributed by atoms with Gasteiger partial charge in [0.05, 0.1) is 11.0 Å². The van der Waals surface area contributed by atoms with E-state index in [1.165, 1.54) is 0 Å². The van der Waals surface area contributed by atoms with Crippen LogP contribution in [0, 0.1) is 0 Å². The summed E-state index contributed by atoms with van der Waals surface area (Å²) in [5, 5.41) is 2.81. The minimum absolute atomic E-state index is 0.0632. The SMILES string of the molecule is NC(=O)CCS(=O)(=O)C1CCNCC1. The largest absolute Gasteiger partial charge is 0.370 e. The van der Waals surface area contributed by atoms with Crippen molar-refractivity contribution in [1.29, 1.82) is 0 Å². The quantitative estimate of drug-likeness (QED) is 0.638. The summed E-state index contributed by atoms with van der Waals surface area (Å²) >= 11 is 0. The fourth-order valence-corrected chi connectivity index (χ4v) is 3.34. The average molecular weight is 220 g/mol. The molecule has 0 aliphatic carbocycles. The van der Waals surface area contributed by atoms with Crippen LogP contribution in [0.5, 0.6) is 0 Å². The van der Waals surface area contributed by atoms with E-state index < -0.39 is 15.7 Å². The first kappa shape index (κ1) is 11.5. The number of carbonyl (C=O) groups is 1. The lowest BCUT2D eigenvalue weighted by molar-refractivity contribution is -0.117. The van der Waals surface area contributed by atoms with Gasteiger partial charge < -0.3 is 11.1 Å². The molecule has 3 N–H and O–H groups in total. The molecule has 0 aromatic rings. The number of amides is 1. The van der Waals surface area contributed by atoms with Crippen LogP contribution in [0.3, 0.4) is 0 Å². The summed E-state index contributed by atoms with van der Waals surface area (Å²) in [5.74, 6) is -0.657. The summed E-state index contributed by atoms with van der Waals surface area (Å²) in [4.78, 5) is 10.5. The first-order valence-corrected chi connectivity index (χ1v) is 6.44. The van der Waals surface area contributed by atoms with Crippen LogP contribution in [0.2, 0.25) is 0 Å². The predicted octanol–water partition coefficient (Wildman–Crippen LogP) is -0.971. The molecule has 0 aromatic heterocycles. The Morgan fingerprint density at radius 3 is 2.43 bits per heavy atom. The molecule has 0 aromatic carbocycles. The third-order valence-electron chi connectivity index (χ3n) is 2.43. The van der Waals surface area contributed by atoms with Gasteiger partial charge in [0, 0.05) is 6.42 Å². The fourth-order valence-electron chi connectivity index (χ4n) is 1.56. The molecule has 1 amide bonds. The van der Waals surface area contributed by atoms with Crippen LogP contribution in [-0.2, 0) is 14.6 Å². The van der Waals surface area contributed by atoms with E-state index in [2.05, 4.69) is 5.32 Å². The molecule has 1 heterocycles. The molecule has 1 fully saturated rings. The molecule has 6 heteroatoms. The zero-order valence-corrected chi connectivity index (χ0v) is 8.85. The van der Waals surface area contributed by atoms with Gasteiger partial charge in [-0.05, 0) is 25.9 Å². The van der Waals surface area contributed by atoms with E-state index >= 15 is 0 Å². The average Bonchev–Trinajstić information content (AvgIpc) is 2.16. The molecule has 1 aliphatic rings. The molecule has 1 aliphatic heterocycles. The number of piperidine rings is 1. The second kappa shape index (κ2) is 4.75. The number of hydrogen-bond donors (Lipinski definition) is 2. The van der Waals surface area contributed by atoms with Crippen LogP contribution in [0.15, 0.2) is 0 Å². The van der Waals surface area contributed by atoms with Crippen molar-refractivity contribution in [2.45, 2.75) is 24.5 Å². The van der Waals surface area contributed by atoms with Gasteiger partial charge in [-0.3, -0.25) is 4.79 Å². The first-order valence-electron chi connectivity index (χ1n) is 4.73. The zero-order chi connectivity index (χ0) is 10.6. The van der Waals surface area contributed by atoms with Gasteiger partial charge in [-0.1, -0.05) is 0 Å². The molecular formula is C8H16N2O3S. The lowest BCUT2D eigenvalue weighted by Gasteiger charge is -2.22. The molecule has 5 nitrogen and oxygen atoms in total. The Hall–Kier alpha value is -0.620. The maximum absolute atomic E-state index is 11.7. The predicted molar refractivity (Wildman–Crippen MR) is 53.5 cm³/mol. The molecule has 0 saturated carbocycles. The van der Waals surface area contributed by atoms with Crippen LogP contribution in [0.25, 0.3) is 0 Å². The monoisotopic (exact) mass is 220 g/mol. The van der Waals surface area contributed by atoms with Crippen LogP contribution in [-0.4, -0.2) is 38.4 Å². The highest BCUT2D eigenvalue weighted by Crippen LogP contribution is 2.14. The van der Waals surface area contributed by atoms with E-state index in [0.29, 0.717) is 12.8 Å². The number of primary amides is 1. The Balaban J connectivity index is 2.50. The van der Waals surface area contributed by atoms with E-state index in [1.807, 2.05) is 0 Å². The number of nitrogens with two attached hydrogens (primary N) is 1. The van der Waals surface area contributed by atoms with Crippen molar-refractivity contribution in [2.24, 2.45) is 5.73 Å². The third-order valence-corrected chi connectivity index (χ3v) is 4.69. The van der Waals surface area contributed by atoms with E-state index in [9.17, 15) is 13.2 Å². The fraction of sp³-hybridized carbons (Fsp3) is 0.875. The van der Waals surface area contributed by atoms with Gasteiger partial charge in [0.25, 0.3) is 0 Å². The highest BCUT2D eigenvalue weighted by molar-refractivity contribution is 7.92. The number of sulfone groups is 1. The normalized spacial score (nSPS) is 19.4. The maximum Gasteiger partial charge on any atom is 0.218 e. The lowest BCUT2D eigenvalue weighted by Crippen LogP contribution is -2.37. The Kier molecular flexibility index (Phi) is 3.88. The van der Waals surface area contributed by atoms with Gasteiger partial charge in [0.1, 0.15) is 0 Å². The summed E-state index contributed by atoms with van der Waals surface area (Å²) in [6.45, 7) is 1.47. The van der Waals surface area contributed by atoms with Crippen molar-refractivity contribution in [2.75, 3.05) is 18.8 Å². The molecule has 0 unspecified atom stereocenters. The molecule has 0 radical (unpaired) electrons.